The Hall–Kier alpha value is -1.18. The lowest BCUT2D eigenvalue weighted by atomic mass is 9.98. The molecule has 0 saturated carbocycles. The molecule has 0 aliphatic carbocycles. The van der Waals surface area contributed by atoms with E-state index in [0.717, 1.165) is 18.2 Å². The Bertz CT molecular complexity index is 619. The van der Waals surface area contributed by atoms with Gasteiger partial charge in [0.15, 0.2) is 0 Å². The Balaban J connectivity index is 2.87. The van der Waals surface area contributed by atoms with Crippen LogP contribution in [0.15, 0.2) is 23.1 Å². The van der Waals surface area contributed by atoms with Gasteiger partial charge in [0.25, 0.3) is 0 Å². The van der Waals surface area contributed by atoms with Crippen molar-refractivity contribution in [3.05, 3.63) is 29.0 Å². The molecule has 0 saturated heterocycles. The molecule has 5 nitrogen and oxygen atoms in total. The van der Waals surface area contributed by atoms with Gasteiger partial charge in [0, 0.05) is 6.54 Å². The Kier molecular flexibility index (Phi) is 6.12. The van der Waals surface area contributed by atoms with Gasteiger partial charge in [-0.15, -0.1) is 0 Å². The van der Waals surface area contributed by atoms with Crippen molar-refractivity contribution in [2.24, 2.45) is 11.8 Å². The van der Waals surface area contributed by atoms with Gasteiger partial charge < -0.3 is 5.11 Å². The summed E-state index contributed by atoms with van der Waals surface area (Å²) >= 11 is 5.70. The molecular formula is C13H17ClFNO4S. The molecule has 1 atom stereocenters. The fraction of sp³-hybridized carbons (Fsp3) is 0.462. The van der Waals surface area contributed by atoms with Crippen LogP contribution in [0.2, 0.25) is 5.02 Å². The molecule has 1 unspecified atom stereocenters. The van der Waals surface area contributed by atoms with E-state index in [1.807, 2.05) is 13.8 Å². The molecule has 0 heterocycles. The van der Waals surface area contributed by atoms with E-state index >= 15 is 0 Å². The first-order chi connectivity index (χ1) is 9.63. The zero-order valence-electron chi connectivity index (χ0n) is 11.6. The first kappa shape index (κ1) is 17.9. The van der Waals surface area contributed by atoms with Crippen molar-refractivity contribution in [3.63, 3.8) is 0 Å². The predicted octanol–water partition coefficient (Wildman–Crippen LogP) is 2.50. The lowest BCUT2D eigenvalue weighted by Gasteiger charge is -2.16. The molecule has 0 amide bonds. The summed E-state index contributed by atoms with van der Waals surface area (Å²) in [5, 5.41) is 8.82. The fourth-order valence-corrected chi connectivity index (χ4v) is 3.43. The predicted molar refractivity (Wildman–Crippen MR) is 77.2 cm³/mol. The Morgan fingerprint density at radius 2 is 2.05 bits per heavy atom. The minimum atomic E-state index is -3.98. The molecular weight excluding hydrogens is 321 g/mol. The van der Waals surface area contributed by atoms with E-state index in [2.05, 4.69) is 4.72 Å². The summed E-state index contributed by atoms with van der Waals surface area (Å²) in [6.07, 6.45) is 0.342. The van der Waals surface area contributed by atoms with Crippen molar-refractivity contribution in [1.82, 2.24) is 4.72 Å². The van der Waals surface area contributed by atoms with Crippen molar-refractivity contribution in [3.8, 4) is 0 Å². The summed E-state index contributed by atoms with van der Waals surface area (Å²) in [4.78, 5) is 10.8. The number of hydrogen-bond donors (Lipinski definition) is 2. The normalized spacial score (nSPS) is 13.4. The van der Waals surface area contributed by atoms with Gasteiger partial charge in [-0.05, 0) is 30.5 Å². The smallest absolute Gasteiger partial charge is 0.307 e. The van der Waals surface area contributed by atoms with Crippen molar-refractivity contribution in [1.29, 1.82) is 0 Å². The number of hydrogen-bond acceptors (Lipinski definition) is 3. The molecule has 0 radical (unpaired) electrons. The lowest BCUT2D eigenvalue weighted by molar-refractivity contribution is -0.142. The largest absolute Gasteiger partial charge is 0.481 e. The average Bonchev–Trinajstić information content (AvgIpc) is 2.33. The van der Waals surface area contributed by atoms with E-state index in [1.54, 1.807) is 0 Å². The van der Waals surface area contributed by atoms with Crippen LogP contribution in [0, 0.1) is 17.7 Å². The van der Waals surface area contributed by atoms with Gasteiger partial charge in [0.1, 0.15) is 10.7 Å². The van der Waals surface area contributed by atoms with Gasteiger partial charge in [-0.25, -0.2) is 17.5 Å². The van der Waals surface area contributed by atoms with E-state index < -0.39 is 27.7 Å². The number of rotatable bonds is 7. The summed E-state index contributed by atoms with van der Waals surface area (Å²) in [7, 11) is -3.98. The number of carboxylic acid groups (broad SMARTS) is 1. The Morgan fingerprint density at radius 1 is 1.43 bits per heavy atom. The number of nitrogens with one attached hydrogen (secondary N) is 1. The standard InChI is InChI=1S/C13H17ClFNO4S/c1-8(2)5-9(13(17)18)7-16-21(19,20)12-4-3-10(15)6-11(12)14/h3-4,6,8-9,16H,5,7H2,1-2H3,(H,17,18). The summed E-state index contributed by atoms with van der Waals surface area (Å²) in [6, 6.07) is 2.90. The minimum Gasteiger partial charge on any atom is -0.481 e. The van der Waals surface area contributed by atoms with Crippen LogP contribution in [0.1, 0.15) is 20.3 Å². The molecule has 0 aromatic heterocycles. The highest BCUT2D eigenvalue weighted by Crippen LogP contribution is 2.22. The highest BCUT2D eigenvalue weighted by Gasteiger charge is 2.24. The molecule has 0 bridgehead atoms. The second-order valence-electron chi connectivity index (χ2n) is 5.09. The summed E-state index contributed by atoms with van der Waals surface area (Å²) in [6.45, 7) is 3.45. The van der Waals surface area contributed by atoms with Gasteiger partial charge in [-0.1, -0.05) is 25.4 Å². The van der Waals surface area contributed by atoms with Crippen LogP contribution in [0.4, 0.5) is 4.39 Å². The molecule has 21 heavy (non-hydrogen) atoms. The van der Waals surface area contributed by atoms with Gasteiger partial charge in [0.2, 0.25) is 10.0 Å². The highest BCUT2D eigenvalue weighted by molar-refractivity contribution is 7.89. The van der Waals surface area contributed by atoms with Crippen LogP contribution < -0.4 is 4.72 Å². The van der Waals surface area contributed by atoms with Gasteiger partial charge in [0.05, 0.1) is 10.9 Å². The van der Waals surface area contributed by atoms with Crippen molar-refractivity contribution in [2.75, 3.05) is 6.54 Å². The topological polar surface area (TPSA) is 83.5 Å². The van der Waals surface area contributed by atoms with Crippen molar-refractivity contribution in [2.45, 2.75) is 25.2 Å². The van der Waals surface area contributed by atoms with Crippen LogP contribution in [-0.2, 0) is 14.8 Å². The van der Waals surface area contributed by atoms with Crippen molar-refractivity contribution < 1.29 is 22.7 Å². The number of aliphatic carboxylic acids is 1. The number of carbonyl (C=O) groups is 1. The SMILES string of the molecule is CC(C)CC(CNS(=O)(=O)c1ccc(F)cc1Cl)C(=O)O. The van der Waals surface area contributed by atoms with Crippen LogP contribution in [-0.4, -0.2) is 26.0 Å². The second kappa shape index (κ2) is 7.20. The number of benzene rings is 1. The van der Waals surface area contributed by atoms with Gasteiger partial charge in [-0.3, -0.25) is 4.79 Å². The average molecular weight is 338 g/mol. The molecule has 2 N–H and O–H groups in total. The first-order valence-electron chi connectivity index (χ1n) is 6.31. The van der Waals surface area contributed by atoms with E-state index in [-0.39, 0.29) is 22.4 Å². The van der Waals surface area contributed by atoms with E-state index in [9.17, 15) is 17.6 Å². The second-order valence-corrected chi connectivity index (χ2v) is 7.23. The third kappa shape index (κ3) is 5.26. The van der Waals surface area contributed by atoms with E-state index in [1.165, 1.54) is 0 Å². The van der Waals surface area contributed by atoms with E-state index in [0.29, 0.717) is 6.42 Å². The Labute approximate surface area is 128 Å². The summed E-state index contributed by atoms with van der Waals surface area (Å²) < 4.78 is 39.3. The maximum absolute atomic E-state index is 12.9. The Morgan fingerprint density at radius 3 is 2.52 bits per heavy atom. The molecule has 8 heteroatoms. The van der Waals surface area contributed by atoms with Crippen LogP contribution in [0.25, 0.3) is 0 Å². The zero-order valence-corrected chi connectivity index (χ0v) is 13.2. The van der Waals surface area contributed by atoms with Crippen molar-refractivity contribution >= 4 is 27.6 Å². The maximum atomic E-state index is 12.9. The van der Waals surface area contributed by atoms with Gasteiger partial charge in [-0.2, -0.15) is 0 Å². The third-order valence-electron chi connectivity index (χ3n) is 2.81. The van der Waals surface area contributed by atoms with Gasteiger partial charge >= 0.3 is 5.97 Å². The summed E-state index contributed by atoms with van der Waals surface area (Å²) in [5.41, 5.74) is 0. The van der Waals surface area contributed by atoms with Crippen LogP contribution >= 0.6 is 11.6 Å². The highest BCUT2D eigenvalue weighted by atomic mass is 35.5. The molecule has 0 aliphatic rings. The van der Waals surface area contributed by atoms with Crippen LogP contribution in [0.3, 0.4) is 0 Å². The lowest BCUT2D eigenvalue weighted by Crippen LogP contribution is -2.33. The van der Waals surface area contributed by atoms with Crippen LogP contribution in [0.5, 0.6) is 0 Å². The first-order valence-corrected chi connectivity index (χ1v) is 8.17. The van der Waals surface area contributed by atoms with E-state index in [4.69, 9.17) is 16.7 Å². The molecule has 0 spiro atoms. The maximum Gasteiger partial charge on any atom is 0.307 e. The zero-order chi connectivity index (χ0) is 16.2. The number of sulfonamides is 1. The fourth-order valence-electron chi connectivity index (χ4n) is 1.82. The number of halogens is 2. The molecule has 0 aliphatic heterocycles. The minimum absolute atomic E-state index is 0.116. The third-order valence-corrected chi connectivity index (χ3v) is 4.71. The molecule has 1 aromatic carbocycles. The monoisotopic (exact) mass is 337 g/mol. The quantitative estimate of drug-likeness (QED) is 0.800. The molecule has 118 valence electrons. The molecule has 1 rings (SSSR count). The molecule has 0 fully saturated rings. The number of carboxylic acids is 1. The molecule has 1 aromatic rings. The summed E-state index contributed by atoms with van der Waals surface area (Å²) in [5.74, 6) is -2.44.